The Balaban J connectivity index is 0.00000144. The average molecular weight is 263 g/mol. The third kappa shape index (κ3) is 3.03. The van der Waals surface area contributed by atoms with Gasteiger partial charge in [0, 0.05) is 12.6 Å². The van der Waals surface area contributed by atoms with Crippen LogP contribution in [0.5, 0.6) is 0 Å². The van der Waals surface area contributed by atoms with Crippen molar-refractivity contribution in [3.8, 4) is 0 Å². The van der Waals surface area contributed by atoms with E-state index in [4.69, 9.17) is 15.6 Å². The van der Waals surface area contributed by atoms with Crippen molar-refractivity contribution in [3.63, 3.8) is 0 Å². The molecular formula is C9H17N3O6. The first-order chi connectivity index (χ1) is 7.61. The van der Waals surface area contributed by atoms with Crippen LogP contribution < -0.4 is 11.4 Å². The molecule has 0 spiro atoms. The van der Waals surface area contributed by atoms with Crippen molar-refractivity contribution in [2.24, 2.45) is 0 Å². The summed E-state index contributed by atoms with van der Waals surface area (Å²) in [5.41, 5.74) is 4.82. The molecule has 18 heavy (non-hydrogen) atoms. The molecule has 1 saturated heterocycles. The van der Waals surface area contributed by atoms with Crippen molar-refractivity contribution >= 4 is 5.82 Å². The topological polar surface area (TPSA) is 174 Å². The maximum Gasteiger partial charge on any atom is 0.351 e. The van der Waals surface area contributed by atoms with Crippen molar-refractivity contribution in [2.45, 2.75) is 24.9 Å². The van der Waals surface area contributed by atoms with E-state index < -0.39 is 24.1 Å². The molecule has 104 valence electrons. The van der Waals surface area contributed by atoms with Gasteiger partial charge in [-0.3, -0.25) is 4.57 Å². The summed E-state index contributed by atoms with van der Waals surface area (Å²) in [7, 11) is 0. The second-order valence-electron chi connectivity index (χ2n) is 3.66. The van der Waals surface area contributed by atoms with Gasteiger partial charge in [0.25, 0.3) is 0 Å². The molecule has 0 radical (unpaired) electrons. The van der Waals surface area contributed by atoms with Gasteiger partial charge in [0.05, 0.1) is 12.7 Å². The Morgan fingerprint density at radius 1 is 1.56 bits per heavy atom. The largest absolute Gasteiger partial charge is 0.412 e. The molecule has 0 saturated carbocycles. The highest BCUT2D eigenvalue weighted by molar-refractivity contribution is 5.23. The summed E-state index contributed by atoms with van der Waals surface area (Å²) in [6.07, 6.45) is -0.333. The number of nitrogen functional groups attached to an aromatic ring is 1. The molecule has 9 nitrogen and oxygen atoms in total. The third-order valence-electron chi connectivity index (χ3n) is 2.55. The second kappa shape index (κ2) is 6.42. The van der Waals surface area contributed by atoms with Crippen molar-refractivity contribution in [1.82, 2.24) is 9.55 Å². The van der Waals surface area contributed by atoms with Gasteiger partial charge in [0.2, 0.25) is 0 Å². The molecule has 3 atom stereocenters. The van der Waals surface area contributed by atoms with E-state index in [1.807, 2.05) is 0 Å². The van der Waals surface area contributed by atoms with Gasteiger partial charge in [-0.1, -0.05) is 0 Å². The maximum absolute atomic E-state index is 11.5. The van der Waals surface area contributed by atoms with Gasteiger partial charge in [-0.05, 0) is 6.07 Å². The first-order valence-electron chi connectivity index (χ1n) is 4.91. The molecular weight excluding hydrogens is 246 g/mol. The van der Waals surface area contributed by atoms with Crippen LogP contribution >= 0.6 is 0 Å². The predicted molar refractivity (Wildman–Crippen MR) is 61.8 cm³/mol. The molecule has 0 amide bonds. The van der Waals surface area contributed by atoms with Crippen LogP contribution in [-0.4, -0.2) is 49.5 Å². The highest BCUT2D eigenvalue weighted by Crippen LogP contribution is 2.27. The molecule has 9 heteroatoms. The van der Waals surface area contributed by atoms with E-state index in [9.17, 15) is 9.90 Å². The van der Waals surface area contributed by atoms with Crippen LogP contribution in [0.25, 0.3) is 0 Å². The maximum atomic E-state index is 11.5. The smallest absolute Gasteiger partial charge is 0.351 e. The molecule has 1 aliphatic rings. The number of aromatic nitrogens is 2. The van der Waals surface area contributed by atoms with Crippen LogP contribution in [0, 0.1) is 0 Å². The molecule has 0 aromatic carbocycles. The Hall–Kier alpha value is -1.52. The van der Waals surface area contributed by atoms with Gasteiger partial charge < -0.3 is 31.6 Å². The second-order valence-corrected chi connectivity index (χ2v) is 3.66. The summed E-state index contributed by atoms with van der Waals surface area (Å²) in [6.45, 7) is -0.283. The quantitative estimate of drug-likeness (QED) is 0.506. The van der Waals surface area contributed by atoms with Gasteiger partial charge in [0.15, 0.2) is 0 Å². The minimum Gasteiger partial charge on any atom is -0.412 e. The fourth-order valence-corrected chi connectivity index (χ4v) is 1.70. The summed E-state index contributed by atoms with van der Waals surface area (Å²) < 4.78 is 6.56. The molecule has 1 aromatic heterocycles. The van der Waals surface area contributed by atoms with E-state index in [2.05, 4.69) is 4.98 Å². The summed E-state index contributed by atoms with van der Waals surface area (Å²) in [5.74, 6) is 0.138. The number of ether oxygens (including phenoxy) is 1. The number of anilines is 1. The van der Waals surface area contributed by atoms with Crippen LogP contribution in [0.1, 0.15) is 12.6 Å². The monoisotopic (exact) mass is 263 g/mol. The number of aliphatic hydroxyl groups is 2. The van der Waals surface area contributed by atoms with Gasteiger partial charge in [-0.15, -0.1) is 0 Å². The summed E-state index contributed by atoms with van der Waals surface area (Å²) in [6, 6.07) is 1.48. The zero-order chi connectivity index (χ0) is 11.7. The molecule has 8 N–H and O–H groups in total. The Kier molecular flexibility index (Phi) is 5.88. The lowest BCUT2D eigenvalue weighted by Crippen LogP contribution is -2.27. The lowest BCUT2D eigenvalue weighted by Gasteiger charge is -2.13. The lowest BCUT2D eigenvalue weighted by molar-refractivity contribution is -0.0458. The molecule has 1 aliphatic heterocycles. The lowest BCUT2D eigenvalue weighted by atomic mass is 10.2. The Bertz CT molecular complexity index is 437. The fourth-order valence-electron chi connectivity index (χ4n) is 1.70. The number of nitrogens with two attached hydrogens (primary N) is 1. The van der Waals surface area contributed by atoms with E-state index >= 15 is 0 Å². The zero-order valence-electron chi connectivity index (χ0n) is 9.48. The van der Waals surface area contributed by atoms with Gasteiger partial charge >= 0.3 is 5.69 Å². The van der Waals surface area contributed by atoms with Crippen LogP contribution in [0.2, 0.25) is 0 Å². The molecule has 1 aromatic rings. The number of rotatable bonds is 2. The first-order valence-corrected chi connectivity index (χ1v) is 4.91. The Labute approximate surface area is 102 Å². The van der Waals surface area contributed by atoms with E-state index in [0.29, 0.717) is 0 Å². The third-order valence-corrected chi connectivity index (χ3v) is 2.55. The minimum absolute atomic E-state index is 0. The van der Waals surface area contributed by atoms with E-state index in [1.54, 1.807) is 0 Å². The van der Waals surface area contributed by atoms with E-state index in [0.717, 1.165) is 0 Å². The highest BCUT2D eigenvalue weighted by atomic mass is 16.5. The van der Waals surface area contributed by atoms with Crippen molar-refractivity contribution in [2.75, 3.05) is 12.3 Å². The van der Waals surface area contributed by atoms with Gasteiger partial charge in [0.1, 0.15) is 18.1 Å². The SMILES string of the molecule is Nc1ccn([C@H]2CC(O)[C@@H](CO)O2)c(=O)n1.O.O. The fraction of sp³-hybridized carbons (Fsp3) is 0.556. The predicted octanol–water partition coefficient (Wildman–Crippen LogP) is -3.18. The number of nitrogens with zero attached hydrogens (tertiary/aromatic N) is 2. The molecule has 1 unspecified atom stereocenters. The average Bonchev–Trinajstić information content (AvgIpc) is 2.59. The zero-order valence-corrected chi connectivity index (χ0v) is 9.48. The van der Waals surface area contributed by atoms with E-state index in [1.165, 1.54) is 16.8 Å². The molecule has 0 aliphatic carbocycles. The molecule has 0 bridgehead atoms. The minimum atomic E-state index is -0.778. The van der Waals surface area contributed by atoms with Crippen LogP contribution in [0.3, 0.4) is 0 Å². The molecule has 1 fully saturated rings. The van der Waals surface area contributed by atoms with E-state index in [-0.39, 0.29) is 29.8 Å². The van der Waals surface area contributed by atoms with Crippen molar-refractivity contribution in [3.05, 3.63) is 22.7 Å². The number of hydrogen-bond acceptors (Lipinski definition) is 6. The van der Waals surface area contributed by atoms with Gasteiger partial charge in [-0.2, -0.15) is 4.98 Å². The van der Waals surface area contributed by atoms with Crippen LogP contribution in [0.15, 0.2) is 17.1 Å². The Morgan fingerprint density at radius 3 is 2.72 bits per heavy atom. The molecule has 2 rings (SSSR count). The summed E-state index contributed by atoms with van der Waals surface area (Å²) >= 11 is 0. The molecule has 2 heterocycles. The Morgan fingerprint density at radius 2 is 2.22 bits per heavy atom. The van der Waals surface area contributed by atoms with Crippen LogP contribution in [0.4, 0.5) is 5.82 Å². The summed E-state index contributed by atoms with van der Waals surface area (Å²) in [5, 5.41) is 18.4. The van der Waals surface area contributed by atoms with Crippen LogP contribution in [-0.2, 0) is 4.74 Å². The van der Waals surface area contributed by atoms with Gasteiger partial charge in [-0.25, -0.2) is 4.79 Å². The standard InChI is InChI=1S/C9H13N3O4.2H2O/c10-7-1-2-12(9(15)11-7)8-3-5(14)6(4-13)16-8;;/h1-2,5-6,8,13-14H,3-4H2,(H2,10,11,15);2*1H2/t5?,6-,8-;;/m1../s1. The van der Waals surface area contributed by atoms with Crippen molar-refractivity contribution in [1.29, 1.82) is 0 Å². The summed E-state index contributed by atoms with van der Waals surface area (Å²) in [4.78, 5) is 15.0. The normalized spacial score (nSPS) is 26.2. The highest BCUT2D eigenvalue weighted by Gasteiger charge is 2.34. The number of hydrogen-bond donors (Lipinski definition) is 3. The number of aliphatic hydroxyl groups excluding tert-OH is 2. The van der Waals surface area contributed by atoms with Crippen molar-refractivity contribution < 1.29 is 25.9 Å². The first kappa shape index (κ1) is 16.5.